The lowest BCUT2D eigenvalue weighted by Gasteiger charge is -2.28. The minimum absolute atomic E-state index is 0.615. The number of pyridine rings is 2. The molecule has 1 aromatic carbocycles. The molecular formula is C20H20N4. The smallest absolute Gasteiger partial charge is 0.159 e. The largest absolute Gasteiger partial charge is 0.305 e. The lowest BCUT2D eigenvalue weighted by atomic mass is 10.0. The van der Waals surface area contributed by atoms with Crippen LogP contribution in [0.4, 0.5) is 0 Å². The SMILES string of the molecule is CC(=N)c1cccc(CN2CCc3nc4ncccc4cc3C2)c1. The van der Waals surface area contributed by atoms with Gasteiger partial charge in [-0.25, -0.2) is 9.97 Å². The third kappa shape index (κ3) is 2.93. The molecule has 1 aliphatic rings. The van der Waals surface area contributed by atoms with Crippen molar-refractivity contribution < 1.29 is 0 Å². The summed E-state index contributed by atoms with van der Waals surface area (Å²) in [5, 5.41) is 8.91. The van der Waals surface area contributed by atoms with Crippen LogP contribution in [0.1, 0.15) is 29.3 Å². The maximum atomic E-state index is 7.80. The Hall–Kier alpha value is -2.59. The first-order valence-electron chi connectivity index (χ1n) is 8.29. The van der Waals surface area contributed by atoms with Crippen LogP contribution in [-0.2, 0) is 19.5 Å². The molecule has 4 rings (SSSR count). The van der Waals surface area contributed by atoms with Gasteiger partial charge in [0.05, 0.1) is 0 Å². The highest BCUT2D eigenvalue weighted by atomic mass is 15.1. The molecule has 4 nitrogen and oxygen atoms in total. The summed E-state index contributed by atoms with van der Waals surface area (Å²) >= 11 is 0. The molecule has 3 aromatic rings. The number of nitrogens with zero attached hydrogens (tertiary/aromatic N) is 3. The summed E-state index contributed by atoms with van der Waals surface area (Å²) in [7, 11) is 0. The zero-order chi connectivity index (χ0) is 16.5. The van der Waals surface area contributed by atoms with Crippen molar-refractivity contribution in [2.75, 3.05) is 6.54 Å². The molecule has 0 spiro atoms. The van der Waals surface area contributed by atoms with E-state index in [0.717, 1.165) is 42.7 Å². The van der Waals surface area contributed by atoms with E-state index in [1.54, 1.807) is 6.20 Å². The second-order valence-electron chi connectivity index (χ2n) is 6.43. The van der Waals surface area contributed by atoms with Crippen molar-refractivity contribution in [1.82, 2.24) is 14.9 Å². The van der Waals surface area contributed by atoms with Crippen LogP contribution in [0.5, 0.6) is 0 Å². The van der Waals surface area contributed by atoms with Crippen molar-refractivity contribution in [1.29, 1.82) is 5.41 Å². The molecule has 0 aliphatic carbocycles. The highest BCUT2D eigenvalue weighted by Gasteiger charge is 2.18. The number of rotatable bonds is 3. The highest BCUT2D eigenvalue weighted by Crippen LogP contribution is 2.22. The molecule has 0 unspecified atom stereocenters. The second-order valence-corrected chi connectivity index (χ2v) is 6.43. The van der Waals surface area contributed by atoms with E-state index in [1.165, 1.54) is 16.8 Å². The van der Waals surface area contributed by atoms with Gasteiger partial charge >= 0.3 is 0 Å². The van der Waals surface area contributed by atoms with Gasteiger partial charge in [-0.1, -0.05) is 18.2 Å². The van der Waals surface area contributed by atoms with Crippen molar-refractivity contribution >= 4 is 16.7 Å². The van der Waals surface area contributed by atoms with E-state index in [-0.39, 0.29) is 0 Å². The number of aromatic nitrogens is 2. The topological polar surface area (TPSA) is 52.9 Å². The molecule has 0 bridgehead atoms. The number of hydrogen-bond acceptors (Lipinski definition) is 4. The standard InChI is InChI=1S/C20H20N4/c1-14(21)16-5-2-4-15(10-16)12-24-9-7-19-18(13-24)11-17-6-3-8-22-20(17)23-19/h2-6,8,10-11,21H,7,9,12-13H2,1H3. The summed E-state index contributed by atoms with van der Waals surface area (Å²) in [5.41, 5.74) is 6.21. The molecular weight excluding hydrogens is 296 g/mol. The molecule has 24 heavy (non-hydrogen) atoms. The predicted molar refractivity (Wildman–Crippen MR) is 96.3 cm³/mol. The number of nitrogens with one attached hydrogen (secondary N) is 1. The van der Waals surface area contributed by atoms with Gasteiger partial charge in [0.1, 0.15) is 0 Å². The zero-order valence-electron chi connectivity index (χ0n) is 13.8. The van der Waals surface area contributed by atoms with Crippen molar-refractivity contribution in [2.24, 2.45) is 0 Å². The molecule has 0 fully saturated rings. The summed E-state index contributed by atoms with van der Waals surface area (Å²) in [6, 6.07) is 14.6. The van der Waals surface area contributed by atoms with Gasteiger partial charge in [0.15, 0.2) is 5.65 Å². The van der Waals surface area contributed by atoms with E-state index in [4.69, 9.17) is 10.4 Å². The highest BCUT2D eigenvalue weighted by molar-refractivity contribution is 5.96. The Balaban J connectivity index is 1.57. The molecule has 2 aromatic heterocycles. The number of hydrogen-bond donors (Lipinski definition) is 1. The van der Waals surface area contributed by atoms with Gasteiger partial charge in [0, 0.05) is 49.0 Å². The van der Waals surface area contributed by atoms with Crippen molar-refractivity contribution in [3.05, 3.63) is 71.0 Å². The van der Waals surface area contributed by atoms with Crippen molar-refractivity contribution in [2.45, 2.75) is 26.4 Å². The minimum Gasteiger partial charge on any atom is -0.305 e. The molecule has 120 valence electrons. The van der Waals surface area contributed by atoms with Crippen LogP contribution in [0.2, 0.25) is 0 Å². The summed E-state index contributed by atoms with van der Waals surface area (Å²) in [6.45, 7) is 4.67. The van der Waals surface area contributed by atoms with Gasteiger partial charge in [-0.2, -0.15) is 0 Å². The van der Waals surface area contributed by atoms with Gasteiger partial charge in [-0.15, -0.1) is 0 Å². The van der Waals surface area contributed by atoms with Gasteiger partial charge in [-0.05, 0) is 47.9 Å². The Morgan fingerprint density at radius 3 is 3.00 bits per heavy atom. The molecule has 4 heteroatoms. The van der Waals surface area contributed by atoms with Gasteiger partial charge in [0.2, 0.25) is 0 Å². The Bertz CT molecular complexity index is 916. The van der Waals surface area contributed by atoms with Crippen LogP contribution in [0.15, 0.2) is 48.7 Å². The summed E-state index contributed by atoms with van der Waals surface area (Å²) < 4.78 is 0. The number of fused-ring (bicyclic) bond motifs is 2. The van der Waals surface area contributed by atoms with E-state index < -0.39 is 0 Å². The normalized spacial score (nSPS) is 14.5. The molecule has 3 heterocycles. The van der Waals surface area contributed by atoms with Crippen LogP contribution < -0.4 is 0 Å². The summed E-state index contributed by atoms with van der Waals surface area (Å²) in [4.78, 5) is 11.5. The fourth-order valence-electron chi connectivity index (χ4n) is 3.32. The lowest BCUT2D eigenvalue weighted by Crippen LogP contribution is -2.30. The van der Waals surface area contributed by atoms with E-state index in [2.05, 4.69) is 34.1 Å². The van der Waals surface area contributed by atoms with Crippen LogP contribution in [0.3, 0.4) is 0 Å². The Morgan fingerprint density at radius 2 is 2.12 bits per heavy atom. The van der Waals surface area contributed by atoms with E-state index in [0.29, 0.717) is 5.71 Å². The van der Waals surface area contributed by atoms with Gasteiger partial charge < -0.3 is 5.41 Å². The van der Waals surface area contributed by atoms with Gasteiger partial charge in [0.25, 0.3) is 0 Å². The molecule has 0 amide bonds. The third-order valence-corrected chi connectivity index (χ3v) is 4.58. The lowest BCUT2D eigenvalue weighted by molar-refractivity contribution is 0.244. The van der Waals surface area contributed by atoms with Crippen molar-refractivity contribution in [3.8, 4) is 0 Å². The van der Waals surface area contributed by atoms with Crippen LogP contribution in [-0.4, -0.2) is 27.1 Å². The maximum Gasteiger partial charge on any atom is 0.159 e. The summed E-state index contributed by atoms with van der Waals surface area (Å²) in [5.74, 6) is 0. The average molecular weight is 316 g/mol. The molecule has 0 saturated carbocycles. The van der Waals surface area contributed by atoms with Crippen LogP contribution >= 0.6 is 0 Å². The second kappa shape index (κ2) is 6.13. The predicted octanol–water partition coefficient (Wildman–Crippen LogP) is 3.58. The van der Waals surface area contributed by atoms with Crippen LogP contribution in [0, 0.1) is 5.41 Å². The fourth-order valence-corrected chi connectivity index (χ4v) is 3.32. The Kier molecular flexibility index (Phi) is 3.82. The monoisotopic (exact) mass is 316 g/mol. The van der Waals surface area contributed by atoms with E-state index >= 15 is 0 Å². The summed E-state index contributed by atoms with van der Waals surface area (Å²) in [6.07, 6.45) is 2.76. The Labute approximate surface area is 141 Å². The quantitative estimate of drug-likeness (QED) is 0.752. The van der Waals surface area contributed by atoms with Crippen molar-refractivity contribution in [3.63, 3.8) is 0 Å². The molecule has 0 atom stereocenters. The molecule has 0 saturated heterocycles. The molecule has 0 radical (unpaired) electrons. The molecule has 1 aliphatic heterocycles. The number of benzene rings is 1. The third-order valence-electron chi connectivity index (χ3n) is 4.58. The average Bonchev–Trinajstić information content (AvgIpc) is 2.60. The first-order chi connectivity index (χ1) is 11.7. The first-order valence-corrected chi connectivity index (χ1v) is 8.29. The van der Waals surface area contributed by atoms with E-state index in [9.17, 15) is 0 Å². The minimum atomic E-state index is 0.615. The zero-order valence-corrected chi connectivity index (χ0v) is 13.8. The Morgan fingerprint density at radius 1 is 1.21 bits per heavy atom. The first kappa shape index (κ1) is 15.0. The van der Waals surface area contributed by atoms with E-state index in [1.807, 2.05) is 25.1 Å². The van der Waals surface area contributed by atoms with Gasteiger partial charge in [-0.3, -0.25) is 4.90 Å². The maximum absolute atomic E-state index is 7.80. The molecule has 1 N–H and O–H groups in total. The fraction of sp³-hybridized carbons (Fsp3) is 0.250. The van der Waals surface area contributed by atoms with Crippen LogP contribution in [0.25, 0.3) is 11.0 Å².